The largest absolute Gasteiger partial charge is 0.473 e. The van der Waals surface area contributed by atoms with Gasteiger partial charge in [0.2, 0.25) is 0 Å². The topological polar surface area (TPSA) is 66.8 Å². The predicted molar refractivity (Wildman–Crippen MR) is 96.4 cm³/mol. The first-order valence-corrected chi connectivity index (χ1v) is 8.79. The third-order valence-electron chi connectivity index (χ3n) is 4.12. The van der Waals surface area contributed by atoms with Crippen LogP contribution in [-0.2, 0) is 4.74 Å². The lowest BCUT2D eigenvalue weighted by Gasteiger charge is -2.34. The van der Waals surface area contributed by atoms with E-state index in [0.717, 1.165) is 5.56 Å². The Morgan fingerprint density at radius 3 is 2.16 bits per heavy atom. The van der Waals surface area contributed by atoms with Gasteiger partial charge in [-0.1, -0.05) is 48.5 Å². The maximum absolute atomic E-state index is 13.2. The standard InChI is InChI=1S/C19H19NO4S/c1-19(2)20(16(21)14-11-7-4-8-12-14)15(13-9-5-3-6-10-13)17(24-19)25-18(22)23/h3-12,15,17H,1-2H3,(H,22,23)/t15-,17+/m0/s1. The van der Waals surface area contributed by atoms with Crippen LogP contribution in [0.5, 0.6) is 0 Å². The van der Waals surface area contributed by atoms with E-state index < -0.39 is 22.5 Å². The third-order valence-corrected chi connectivity index (χ3v) is 4.91. The van der Waals surface area contributed by atoms with Crippen molar-refractivity contribution in [2.45, 2.75) is 31.1 Å². The van der Waals surface area contributed by atoms with E-state index in [1.165, 1.54) is 0 Å². The molecule has 0 aromatic heterocycles. The summed E-state index contributed by atoms with van der Waals surface area (Å²) in [5, 5.41) is 8.20. The lowest BCUT2D eigenvalue weighted by atomic mass is 10.0. The number of benzene rings is 2. The van der Waals surface area contributed by atoms with E-state index in [1.807, 2.05) is 36.4 Å². The summed E-state index contributed by atoms with van der Waals surface area (Å²) in [7, 11) is 0. The van der Waals surface area contributed by atoms with E-state index >= 15 is 0 Å². The Balaban J connectivity index is 2.05. The Morgan fingerprint density at radius 2 is 1.60 bits per heavy atom. The van der Waals surface area contributed by atoms with E-state index in [2.05, 4.69) is 0 Å². The maximum Gasteiger partial charge on any atom is 0.367 e. The molecule has 0 unspecified atom stereocenters. The second-order valence-electron chi connectivity index (χ2n) is 6.21. The molecular weight excluding hydrogens is 338 g/mol. The van der Waals surface area contributed by atoms with E-state index in [1.54, 1.807) is 43.0 Å². The summed E-state index contributed by atoms with van der Waals surface area (Å²) < 4.78 is 5.97. The van der Waals surface area contributed by atoms with Gasteiger partial charge in [-0.15, -0.1) is 0 Å². The Morgan fingerprint density at radius 1 is 1.04 bits per heavy atom. The van der Waals surface area contributed by atoms with Crippen molar-refractivity contribution in [1.82, 2.24) is 4.90 Å². The monoisotopic (exact) mass is 357 g/mol. The number of rotatable bonds is 3. The molecule has 5 nitrogen and oxygen atoms in total. The third kappa shape index (κ3) is 3.55. The zero-order valence-electron chi connectivity index (χ0n) is 14.0. The minimum Gasteiger partial charge on any atom is -0.473 e. The lowest BCUT2D eigenvalue weighted by molar-refractivity contribution is -0.0464. The Kier molecular flexibility index (Phi) is 4.83. The van der Waals surface area contributed by atoms with Crippen LogP contribution in [0.25, 0.3) is 0 Å². The van der Waals surface area contributed by atoms with Gasteiger partial charge in [0.05, 0.1) is 6.04 Å². The van der Waals surface area contributed by atoms with E-state index in [0.29, 0.717) is 17.3 Å². The first-order chi connectivity index (χ1) is 11.9. The van der Waals surface area contributed by atoms with Crippen molar-refractivity contribution in [3.8, 4) is 0 Å². The molecule has 2 aromatic rings. The molecule has 1 N–H and O–H groups in total. The SMILES string of the molecule is CC1(C)O[C@H](SC(=O)O)[C@H](c2ccccc2)N1C(=O)c1ccccc1. The zero-order valence-corrected chi connectivity index (χ0v) is 14.8. The van der Waals surface area contributed by atoms with Crippen LogP contribution < -0.4 is 0 Å². The number of carbonyl (C=O) groups excluding carboxylic acids is 1. The molecule has 2 atom stereocenters. The molecule has 1 heterocycles. The highest BCUT2D eigenvalue weighted by Crippen LogP contribution is 2.46. The second kappa shape index (κ2) is 6.90. The molecule has 0 aliphatic carbocycles. The summed E-state index contributed by atoms with van der Waals surface area (Å²) in [6.45, 7) is 3.57. The number of thioether (sulfide) groups is 1. The molecule has 1 aliphatic heterocycles. The summed E-state index contributed by atoms with van der Waals surface area (Å²) in [5.74, 6) is -0.187. The zero-order chi connectivity index (χ0) is 18.0. The molecule has 6 heteroatoms. The fourth-order valence-electron chi connectivity index (χ4n) is 3.10. The summed E-state index contributed by atoms with van der Waals surface area (Å²) in [5.41, 5.74) is -0.236. The van der Waals surface area contributed by atoms with Crippen molar-refractivity contribution in [2.24, 2.45) is 0 Å². The quantitative estimate of drug-likeness (QED) is 0.883. The average molecular weight is 357 g/mol. The van der Waals surface area contributed by atoms with Gasteiger partial charge in [0.1, 0.15) is 11.2 Å². The molecule has 0 bridgehead atoms. The van der Waals surface area contributed by atoms with Crippen molar-refractivity contribution < 1.29 is 19.4 Å². The fraction of sp³-hybridized carbons (Fsp3) is 0.263. The van der Waals surface area contributed by atoms with Crippen LogP contribution in [0.1, 0.15) is 35.8 Å². The minimum atomic E-state index is -1.03. The number of amides is 1. The molecule has 25 heavy (non-hydrogen) atoms. The molecule has 1 saturated heterocycles. The Bertz CT molecular complexity index is 764. The highest BCUT2D eigenvalue weighted by atomic mass is 32.2. The summed E-state index contributed by atoms with van der Waals surface area (Å²) in [6.07, 6.45) is 0. The van der Waals surface area contributed by atoms with Crippen molar-refractivity contribution in [3.63, 3.8) is 0 Å². The molecule has 0 spiro atoms. The van der Waals surface area contributed by atoms with Crippen LogP contribution in [0.3, 0.4) is 0 Å². The molecule has 130 valence electrons. The first kappa shape index (κ1) is 17.5. The van der Waals surface area contributed by atoms with Crippen molar-refractivity contribution in [2.75, 3.05) is 0 Å². The van der Waals surface area contributed by atoms with Crippen molar-refractivity contribution in [1.29, 1.82) is 0 Å². The number of nitrogens with zero attached hydrogens (tertiary/aromatic N) is 1. The molecule has 1 fully saturated rings. The minimum absolute atomic E-state index is 0.187. The number of hydrogen-bond acceptors (Lipinski definition) is 4. The highest BCUT2D eigenvalue weighted by molar-refractivity contribution is 8.13. The van der Waals surface area contributed by atoms with Crippen LogP contribution in [0.2, 0.25) is 0 Å². The molecule has 0 radical (unpaired) electrons. The lowest BCUT2D eigenvalue weighted by Crippen LogP contribution is -2.44. The molecule has 2 aromatic carbocycles. The molecule has 3 rings (SSSR count). The average Bonchev–Trinajstić information content (AvgIpc) is 2.85. The van der Waals surface area contributed by atoms with Gasteiger partial charge >= 0.3 is 5.30 Å². The molecular formula is C19H19NO4S. The number of carboxylic acid groups (broad SMARTS) is 1. The Labute approximate surface area is 150 Å². The van der Waals surface area contributed by atoms with Gasteiger partial charge in [-0.25, -0.2) is 4.79 Å². The van der Waals surface area contributed by atoms with Crippen LogP contribution in [-0.4, -0.2) is 32.4 Å². The van der Waals surface area contributed by atoms with Crippen molar-refractivity contribution >= 4 is 23.0 Å². The van der Waals surface area contributed by atoms with Gasteiger partial charge in [-0.3, -0.25) is 9.69 Å². The van der Waals surface area contributed by atoms with Crippen LogP contribution >= 0.6 is 11.8 Å². The highest BCUT2D eigenvalue weighted by Gasteiger charge is 2.51. The van der Waals surface area contributed by atoms with Gasteiger partial charge in [0.15, 0.2) is 0 Å². The molecule has 1 aliphatic rings. The number of carbonyl (C=O) groups is 2. The normalized spacial score (nSPS) is 21.9. The van der Waals surface area contributed by atoms with Gasteiger partial charge in [0, 0.05) is 5.56 Å². The van der Waals surface area contributed by atoms with Gasteiger partial charge in [-0.05, 0) is 43.3 Å². The predicted octanol–water partition coefficient (Wildman–Crippen LogP) is 4.37. The molecule has 1 amide bonds. The van der Waals surface area contributed by atoms with Crippen LogP contribution in [0.15, 0.2) is 60.7 Å². The fourth-order valence-corrected chi connectivity index (χ4v) is 3.99. The smallest absolute Gasteiger partial charge is 0.367 e. The van der Waals surface area contributed by atoms with Gasteiger partial charge in [-0.2, -0.15) is 0 Å². The maximum atomic E-state index is 13.2. The summed E-state index contributed by atoms with van der Waals surface area (Å²) in [4.78, 5) is 26.1. The van der Waals surface area contributed by atoms with Crippen LogP contribution in [0, 0.1) is 0 Å². The number of hydrogen-bond donors (Lipinski definition) is 1. The summed E-state index contributed by atoms with van der Waals surface area (Å²) in [6, 6.07) is 17.8. The number of ether oxygens (including phenoxy) is 1. The second-order valence-corrected chi connectivity index (χ2v) is 7.26. The Hall–Kier alpha value is -2.31. The van der Waals surface area contributed by atoms with Gasteiger partial charge in [0.25, 0.3) is 5.91 Å². The van der Waals surface area contributed by atoms with E-state index in [9.17, 15) is 14.7 Å². The van der Waals surface area contributed by atoms with E-state index in [-0.39, 0.29) is 5.91 Å². The van der Waals surface area contributed by atoms with Gasteiger partial charge < -0.3 is 9.84 Å². The van der Waals surface area contributed by atoms with Crippen molar-refractivity contribution in [3.05, 3.63) is 71.8 Å². The first-order valence-electron chi connectivity index (χ1n) is 7.91. The van der Waals surface area contributed by atoms with Crippen LogP contribution in [0.4, 0.5) is 4.79 Å². The molecule has 0 saturated carbocycles. The summed E-state index contributed by atoms with van der Waals surface area (Å²) >= 11 is 0.684. The van der Waals surface area contributed by atoms with E-state index in [4.69, 9.17) is 4.74 Å².